The van der Waals surface area contributed by atoms with Crippen molar-refractivity contribution in [2.75, 3.05) is 26.3 Å². The van der Waals surface area contributed by atoms with Crippen molar-refractivity contribution in [3.8, 4) is 11.5 Å². The van der Waals surface area contributed by atoms with Crippen molar-refractivity contribution in [3.63, 3.8) is 0 Å². The molecule has 0 unspecified atom stereocenters. The van der Waals surface area contributed by atoms with Crippen molar-refractivity contribution < 1.29 is 23.8 Å². The normalized spacial score (nSPS) is 20.9. The maximum absolute atomic E-state index is 12.1. The highest BCUT2D eigenvalue weighted by Gasteiger charge is 2.30. The number of esters is 1. The van der Waals surface area contributed by atoms with E-state index >= 15 is 0 Å². The van der Waals surface area contributed by atoms with Crippen LogP contribution in [-0.4, -0.2) is 49.2 Å². The van der Waals surface area contributed by atoms with Crippen molar-refractivity contribution >= 4 is 11.9 Å². The SMILES string of the molecule is CC1CCN(C(=O)COC(=O)[C@H]2COc3ccccc3O2)CC1. The van der Waals surface area contributed by atoms with Gasteiger partial charge in [0.25, 0.3) is 5.91 Å². The molecule has 0 N–H and O–H groups in total. The second kappa shape index (κ2) is 6.89. The lowest BCUT2D eigenvalue weighted by Crippen LogP contribution is -2.42. The Morgan fingerprint density at radius 3 is 2.65 bits per heavy atom. The number of piperidine rings is 1. The first-order chi connectivity index (χ1) is 11.1. The number of benzene rings is 1. The average molecular weight is 319 g/mol. The van der Waals surface area contributed by atoms with Gasteiger partial charge in [0.2, 0.25) is 6.10 Å². The third kappa shape index (κ3) is 3.75. The lowest BCUT2D eigenvalue weighted by molar-refractivity contribution is -0.160. The van der Waals surface area contributed by atoms with Crippen LogP contribution in [0.1, 0.15) is 19.8 Å². The first kappa shape index (κ1) is 15.6. The summed E-state index contributed by atoms with van der Waals surface area (Å²) < 4.78 is 16.1. The highest BCUT2D eigenvalue weighted by atomic mass is 16.6. The van der Waals surface area contributed by atoms with E-state index in [0.717, 1.165) is 25.9 Å². The molecule has 124 valence electrons. The Hall–Kier alpha value is -2.24. The van der Waals surface area contributed by atoms with E-state index in [-0.39, 0.29) is 19.1 Å². The summed E-state index contributed by atoms with van der Waals surface area (Å²) in [6, 6.07) is 7.14. The van der Waals surface area contributed by atoms with E-state index in [2.05, 4.69) is 6.92 Å². The van der Waals surface area contributed by atoms with Gasteiger partial charge in [-0.15, -0.1) is 0 Å². The van der Waals surface area contributed by atoms with Crippen LogP contribution < -0.4 is 9.47 Å². The predicted octanol–water partition coefficient (Wildman–Crippen LogP) is 1.63. The molecule has 1 aromatic carbocycles. The molecular formula is C17H21NO5. The molecule has 0 aromatic heterocycles. The zero-order chi connectivity index (χ0) is 16.2. The number of amides is 1. The average Bonchev–Trinajstić information content (AvgIpc) is 2.59. The van der Waals surface area contributed by atoms with Gasteiger partial charge in [-0.2, -0.15) is 0 Å². The monoisotopic (exact) mass is 319 g/mol. The van der Waals surface area contributed by atoms with Gasteiger partial charge in [-0.3, -0.25) is 4.79 Å². The second-order valence-corrected chi connectivity index (χ2v) is 6.04. The number of carbonyl (C=O) groups excluding carboxylic acids is 2. The van der Waals surface area contributed by atoms with Gasteiger partial charge in [0.1, 0.15) is 6.61 Å². The van der Waals surface area contributed by atoms with E-state index in [0.29, 0.717) is 17.4 Å². The third-order valence-corrected chi connectivity index (χ3v) is 4.25. The van der Waals surface area contributed by atoms with Crippen molar-refractivity contribution in [1.29, 1.82) is 0 Å². The fraction of sp³-hybridized carbons (Fsp3) is 0.529. The van der Waals surface area contributed by atoms with Crippen LogP contribution in [0.2, 0.25) is 0 Å². The largest absolute Gasteiger partial charge is 0.485 e. The molecular weight excluding hydrogens is 298 g/mol. The minimum absolute atomic E-state index is 0.0886. The van der Waals surface area contributed by atoms with E-state index in [1.165, 1.54) is 0 Å². The molecule has 1 atom stereocenters. The van der Waals surface area contributed by atoms with Gasteiger partial charge in [0.15, 0.2) is 18.1 Å². The summed E-state index contributed by atoms with van der Waals surface area (Å²) in [4.78, 5) is 25.9. The van der Waals surface area contributed by atoms with Crippen LogP contribution in [0, 0.1) is 5.92 Å². The predicted molar refractivity (Wildman–Crippen MR) is 82.3 cm³/mol. The number of ether oxygens (including phenoxy) is 3. The zero-order valence-electron chi connectivity index (χ0n) is 13.2. The molecule has 1 amide bonds. The second-order valence-electron chi connectivity index (χ2n) is 6.04. The smallest absolute Gasteiger partial charge is 0.351 e. The molecule has 1 fully saturated rings. The van der Waals surface area contributed by atoms with Gasteiger partial charge in [0, 0.05) is 13.1 Å². The van der Waals surface area contributed by atoms with Crippen LogP contribution in [0.25, 0.3) is 0 Å². The van der Waals surface area contributed by atoms with E-state index in [1.54, 1.807) is 23.1 Å². The summed E-state index contributed by atoms with van der Waals surface area (Å²) in [5.41, 5.74) is 0. The van der Waals surface area contributed by atoms with E-state index in [1.807, 2.05) is 6.07 Å². The van der Waals surface area contributed by atoms with Gasteiger partial charge in [-0.05, 0) is 30.9 Å². The molecule has 0 radical (unpaired) electrons. The summed E-state index contributed by atoms with van der Waals surface area (Å²) in [5, 5.41) is 0. The Balaban J connectivity index is 1.47. The molecule has 23 heavy (non-hydrogen) atoms. The minimum atomic E-state index is -0.834. The Labute approximate surface area is 135 Å². The number of hydrogen-bond acceptors (Lipinski definition) is 5. The van der Waals surface area contributed by atoms with Crippen LogP contribution in [0.4, 0.5) is 0 Å². The molecule has 0 aliphatic carbocycles. The highest BCUT2D eigenvalue weighted by Crippen LogP contribution is 2.31. The number of para-hydroxylation sites is 2. The molecule has 6 nitrogen and oxygen atoms in total. The topological polar surface area (TPSA) is 65.1 Å². The number of likely N-dealkylation sites (tertiary alicyclic amines) is 1. The number of rotatable bonds is 3. The first-order valence-corrected chi connectivity index (χ1v) is 7.96. The zero-order valence-corrected chi connectivity index (χ0v) is 13.2. The lowest BCUT2D eigenvalue weighted by Gasteiger charge is -2.30. The van der Waals surface area contributed by atoms with Crippen molar-refractivity contribution in [2.45, 2.75) is 25.9 Å². The molecule has 2 aliphatic rings. The van der Waals surface area contributed by atoms with Crippen molar-refractivity contribution in [1.82, 2.24) is 4.90 Å². The quantitative estimate of drug-likeness (QED) is 0.792. The third-order valence-electron chi connectivity index (χ3n) is 4.25. The summed E-state index contributed by atoms with van der Waals surface area (Å²) in [7, 11) is 0. The van der Waals surface area contributed by atoms with Gasteiger partial charge in [-0.1, -0.05) is 19.1 Å². The molecule has 6 heteroatoms. The Morgan fingerprint density at radius 2 is 1.91 bits per heavy atom. The van der Waals surface area contributed by atoms with E-state index in [9.17, 15) is 9.59 Å². The minimum Gasteiger partial charge on any atom is -0.485 e. The number of hydrogen-bond donors (Lipinski definition) is 0. The summed E-state index contributed by atoms with van der Waals surface area (Å²) in [6.07, 6.45) is 1.16. The van der Waals surface area contributed by atoms with Crippen LogP contribution in [-0.2, 0) is 14.3 Å². The summed E-state index contributed by atoms with van der Waals surface area (Å²) in [6.45, 7) is 3.49. The molecule has 1 aromatic rings. The van der Waals surface area contributed by atoms with Crippen LogP contribution in [0.3, 0.4) is 0 Å². The first-order valence-electron chi connectivity index (χ1n) is 7.96. The molecule has 0 spiro atoms. The molecule has 0 bridgehead atoms. The van der Waals surface area contributed by atoms with Gasteiger partial charge in [0.05, 0.1) is 0 Å². The summed E-state index contributed by atoms with van der Waals surface area (Å²) in [5.74, 6) is 1.04. The number of carbonyl (C=O) groups is 2. The van der Waals surface area contributed by atoms with Crippen LogP contribution in [0.5, 0.6) is 11.5 Å². The molecule has 2 heterocycles. The molecule has 0 saturated carbocycles. The fourth-order valence-corrected chi connectivity index (χ4v) is 2.71. The molecule has 3 rings (SSSR count). The maximum atomic E-state index is 12.1. The van der Waals surface area contributed by atoms with Crippen molar-refractivity contribution in [2.24, 2.45) is 5.92 Å². The Kier molecular flexibility index (Phi) is 4.69. The fourth-order valence-electron chi connectivity index (χ4n) is 2.71. The van der Waals surface area contributed by atoms with Gasteiger partial charge >= 0.3 is 5.97 Å². The lowest BCUT2D eigenvalue weighted by atomic mass is 9.99. The molecule has 1 saturated heterocycles. The van der Waals surface area contributed by atoms with E-state index < -0.39 is 12.1 Å². The number of nitrogens with zero attached hydrogens (tertiary/aromatic N) is 1. The van der Waals surface area contributed by atoms with Crippen molar-refractivity contribution in [3.05, 3.63) is 24.3 Å². The van der Waals surface area contributed by atoms with Crippen LogP contribution in [0.15, 0.2) is 24.3 Å². The van der Waals surface area contributed by atoms with Gasteiger partial charge < -0.3 is 19.1 Å². The summed E-state index contributed by atoms with van der Waals surface area (Å²) >= 11 is 0. The standard InChI is InChI=1S/C17H21NO5/c1-12-6-8-18(9-7-12)16(19)11-22-17(20)15-10-21-13-4-2-3-5-14(13)23-15/h2-5,12,15H,6-11H2,1H3/t15-/m1/s1. The van der Waals surface area contributed by atoms with E-state index in [4.69, 9.17) is 14.2 Å². The van der Waals surface area contributed by atoms with Crippen LogP contribution >= 0.6 is 0 Å². The highest BCUT2D eigenvalue weighted by molar-refractivity contribution is 5.82. The Morgan fingerprint density at radius 1 is 1.22 bits per heavy atom. The maximum Gasteiger partial charge on any atom is 0.351 e. The van der Waals surface area contributed by atoms with Gasteiger partial charge in [-0.25, -0.2) is 4.79 Å². The Bertz CT molecular complexity index is 580. The molecule has 2 aliphatic heterocycles. The number of fused-ring (bicyclic) bond motifs is 1.